The predicted molar refractivity (Wildman–Crippen MR) is 71.2 cm³/mol. The van der Waals surface area contributed by atoms with Crippen molar-refractivity contribution in [1.82, 2.24) is 0 Å². The van der Waals surface area contributed by atoms with Crippen LogP contribution in [-0.4, -0.2) is 17.1 Å². The maximum atomic E-state index is 10.6. The summed E-state index contributed by atoms with van der Waals surface area (Å²) in [6.07, 6.45) is 0.379. The summed E-state index contributed by atoms with van der Waals surface area (Å²) in [5, 5.41) is 8.66. The second kappa shape index (κ2) is 5.26. The van der Waals surface area contributed by atoms with Gasteiger partial charge in [0.25, 0.3) is 0 Å². The predicted octanol–water partition coefficient (Wildman–Crippen LogP) is 1.85. The molecule has 76 valence electrons. The molecule has 0 saturated carbocycles. The van der Waals surface area contributed by atoms with E-state index in [0.717, 1.165) is 12.7 Å². The highest BCUT2D eigenvalue weighted by atomic mass is 127. The fourth-order valence-electron chi connectivity index (χ4n) is 1.01. The Bertz CT molecular complexity index is 355. The first-order valence-corrected chi connectivity index (χ1v) is 6.09. The third-order valence-corrected chi connectivity index (χ3v) is 3.45. The normalized spacial score (nSPS) is 12.5. The SMILES string of the molecule is N[C@@H](Cc1ccc(I)cc1I)C(=O)O. The molecule has 0 aliphatic heterocycles. The summed E-state index contributed by atoms with van der Waals surface area (Å²) in [7, 11) is 0. The average Bonchev–Trinajstić information content (AvgIpc) is 2.09. The first-order chi connectivity index (χ1) is 6.50. The fourth-order valence-corrected chi connectivity index (χ4v) is 2.83. The van der Waals surface area contributed by atoms with Crippen LogP contribution in [0.4, 0.5) is 0 Å². The molecule has 1 atom stereocenters. The van der Waals surface area contributed by atoms with Gasteiger partial charge in [0.05, 0.1) is 0 Å². The van der Waals surface area contributed by atoms with E-state index in [1.165, 1.54) is 0 Å². The Hall–Kier alpha value is 0.110. The van der Waals surface area contributed by atoms with Crippen molar-refractivity contribution < 1.29 is 9.90 Å². The second-order valence-electron chi connectivity index (χ2n) is 2.88. The van der Waals surface area contributed by atoms with Crippen molar-refractivity contribution in [2.45, 2.75) is 12.5 Å². The van der Waals surface area contributed by atoms with E-state index in [1.54, 1.807) is 0 Å². The minimum absolute atomic E-state index is 0.379. The molecule has 1 aromatic rings. The number of carboxylic acid groups (broad SMARTS) is 1. The highest BCUT2D eigenvalue weighted by Gasteiger charge is 2.13. The van der Waals surface area contributed by atoms with Crippen LogP contribution in [0, 0.1) is 7.14 Å². The van der Waals surface area contributed by atoms with Gasteiger partial charge in [-0.15, -0.1) is 0 Å². The molecular weight excluding hydrogens is 408 g/mol. The highest BCUT2D eigenvalue weighted by Crippen LogP contribution is 2.17. The summed E-state index contributed by atoms with van der Waals surface area (Å²) < 4.78 is 2.20. The number of carbonyl (C=O) groups is 1. The van der Waals surface area contributed by atoms with E-state index in [4.69, 9.17) is 10.8 Å². The molecule has 0 aliphatic rings. The zero-order valence-electron chi connectivity index (χ0n) is 7.21. The third-order valence-electron chi connectivity index (χ3n) is 1.77. The number of halogens is 2. The van der Waals surface area contributed by atoms with Crippen LogP contribution < -0.4 is 5.73 Å². The van der Waals surface area contributed by atoms with Crippen LogP contribution in [0.1, 0.15) is 5.56 Å². The maximum Gasteiger partial charge on any atom is 0.320 e. The van der Waals surface area contributed by atoms with E-state index >= 15 is 0 Å². The van der Waals surface area contributed by atoms with Crippen molar-refractivity contribution in [2.75, 3.05) is 0 Å². The van der Waals surface area contributed by atoms with E-state index in [-0.39, 0.29) is 0 Å². The molecule has 5 heteroatoms. The van der Waals surface area contributed by atoms with Crippen LogP contribution in [0.15, 0.2) is 18.2 Å². The van der Waals surface area contributed by atoms with Gasteiger partial charge in [-0.1, -0.05) is 6.07 Å². The van der Waals surface area contributed by atoms with Crippen LogP contribution in [0.25, 0.3) is 0 Å². The molecule has 0 fully saturated rings. The molecule has 3 N–H and O–H groups in total. The Morgan fingerprint density at radius 3 is 2.64 bits per heavy atom. The number of benzene rings is 1. The fraction of sp³-hybridized carbons (Fsp3) is 0.222. The van der Waals surface area contributed by atoms with Gasteiger partial charge >= 0.3 is 5.97 Å². The van der Waals surface area contributed by atoms with Crippen LogP contribution >= 0.6 is 45.2 Å². The van der Waals surface area contributed by atoms with Gasteiger partial charge in [-0.3, -0.25) is 4.79 Å². The van der Waals surface area contributed by atoms with Crippen molar-refractivity contribution in [3.63, 3.8) is 0 Å². The number of rotatable bonds is 3. The number of carboxylic acids is 1. The number of hydrogen-bond acceptors (Lipinski definition) is 2. The summed E-state index contributed by atoms with van der Waals surface area (Å²) in [5.74, 6) is -0.959. The van der Waals surface area contributed by atoms with Gasteiger partial charge in [-0.25, -0.2) is 0 Å². The summed E-state index contributed by atoms with van der Waals surface area (Å²) in [6.45, 7) is 0. The molecular formula is C9H9I2NO2. The van der Waals surface area contributed by atoms with Crippen molar-refractivity contribution in [3.05, 3.63) is 30.9 Å². The molecule has 1 aromatic carbocycles. The van der Waals surface area contributed by atoms with E-state index in [1.807, 2.05) is 18.2 Å². The van der Waals surface area contributed by atoms with E-state index in [0.29, 0.717) is 6.42 Å². The van der Waals surface area contributed by atoms with Crippen molar-refractivity contribution in [2.24, 2.45) is 5.73 Å². The van der Waals surface area contributed by atoms with E-state index < -0.39 is 12.0 Å². The van der Waals surface area contributed by atoms with Gasteiger partial charge in [0.15, 0.2) is 0 Å². The van der Waals surface area contributed by atoms with Gasteiger partial charge in [0.2, 0.25) is 0 Å². The molecule has 0 aromatic heterocycles. The van der Waals surface area contributed by atoms with Crippen LogP contribution in [0.2, 0.25) is 0 Å². The van der Waals surface area contributed by atoms with Gasteiger partial charge in [0, 0.05) is 7.14 Å². The third kappa shape index (κ3) is 3.35. The highest BCUT2D eigenvalue weighted by molar-refractivity contribution is 14.1. The molecule has 1 rings (SSSR count). The van der Waals surface area contributed by atoms with E-state index in [9.17, 15) is 4.79 Å². The lowest BCUT2D eigenvalue weighted by Gasteiger charge is -2.08. The number of nitrogens with two attached hydrogens (primary N) is 1. The molecule has 0 aliphatic carbocycles. The molecule has 0 amide bonds. The Morgan fingerprint density at radius 1 is 1.50 bits per heavy atom. The first kappa shape index (κ1) is 12.2. The molecule has 0 radical (unpaired) electrons. The molecule has 0 heterocycles. The first-order valence-electron chi connectivity index (χ1n) is 3.93. The lowest BCUT2D eigenvalue weighted by molar-refractivity contribution is -0.138. The van der Waals surface area contributed by atoms with Crippen LogP contribution in [-0.2, 0) is 11.2 Å². The lowest BCUT2D eigenvalue weighted by Crippen LogP contribution is -2.32. The van der Waals surface area contributed by atoms with Gasteiger partial charge < -0.3 is 10.8 Å². The Kier molecular flexibility index (Phi) is 4.58. The largest absolute Gasteiger partial charge is 0.480 e. The van der Waals surface area contributed by atoms with Crippen LogP contribution in [0.5, 0.6) is 0 Å². The molecule has 0 bridgehead atoms. The summed E-state index contributed by atoms with van der Waals surface area (Å²) >= 11 is 4.41. The summed E-state index contributed by atoms with van der Waals surface area (Å²) in [6, 6.07) is 5.06. The average molecular weight is 417 g/mol. The minimum Gasteiger partial charge on any atom is -0.480 e. The van der Waals surface area contributed by atoms with Gasteiger partial charge in [-0.05, 0) is 69.3 Å². The zero-order chi connectivity index (χ0) is 10.7. The molecule has 3 nitrogen and oxygen atoms in total. The molecule has 0 unspecified atom stereocenters. The topological polar surface area (TPSA) is 63.3 Å². The smallest absolute Gasteiger partial charge is 0.320 e. The molecule has 0 saturated heterocycles. The Balaban J connectivity index is 2.82. The summed E-state index contributed by atoms with van der Waals surface area (Å²) in [4.78, 5) is 10.6. The zero-order valence-corrected chi connectivity index (χ0v) is 11.5. The monoisotopic (exact) mass is 417 g/mol. The Morgan fingerprint density at radius 2 is 2.14 bits per heavy atom. The Labute approximate surface area is 109 Å². The standard InChI is InChI=1S/C9H9I2NO2/c10-6-2-1-5(7(11)4-6)3-8(12)9(13)14/h1-2,4,8H,3,12H2,(H,13,14)/t8-/m0/s1. The second-order valence-corrected chi connectivity index (χ2v) is 5.29. The molecule has 14 heavy (non-hydrogen) atoms. The number of hydrogen-bond donors (Lipinski definition) is 2. The van der Waals surface area contributed by atoms with E-state index in [2.05, 4.69) is 45.2 Å². The minimum atomic E-state index is -0.959. The van der Waals surface area contributed by atoms with Crippen molar-refractivity contribution >= 4 is 51.2 Å². The lowest BCUT2D eigenvalue weighted by atomic mass is 10.1. The number of aliphatic carboxylic acids is 1. The van der Waals surface area contributed by atoms with Crippen LogP contribution in [0.3, 0.4) is 0 Å². The quantitative estimate of drug-likeness (QED) is 0.739. The van der Waals surface area contributed by atoms with Gasteiger partial charge in [0.1, 0.15) is 6.04 Å². The summed E-state index contributed by atoms with van der Waals surface area (Å²) in [5.41, 5.74) is 6.44. The van der Waals surface area contributed by atoms with Gasteiger partial charge in [-0.2, -0.15) is 0 Å². The molecule has 0 spiro atoms. The van der Waals surface area contributed by atoms with Crippen molar-refractivity contribution in [1.29, 1.82) is 0 Å². The van der Waals surface area contributed by atoms with Crippen molar-refractivity contribution in [3.8, 4) is 0 Å². The maximum absolute atomic E-state index is 10.6.